The molecule has 4 N–H and O–H groups in total. The fourth-order valence-electron chi connectivity index (χ4n) is 1.63. The fraction of sp³-hybridized carbons (Fsp3) is 0.182. The van der Waals surface area contributed by atoms with E-state index in [1.165, 1.54) is 6.07 Å². The van der Waals surface area contributed by atoms with Gasteiger partial charge < -0.3 is 5.73 Å². The predicted molar refractivity (Wildman–Crippen MR) is 69.7 cm³/mol. The van der Waals surface area contributed by atoms with Gasteiger partial charge in [0.1, 0.15) is 5.82 Å². The summed E-state index contributed by atoms with van der Waals surface area (Å²) in [7, 11) is -3.90. The molecule has 0 aliphatic rings. The lowest BCUT2D eigenvalue weighted by atomic mass is 10.3. The highest BCUT2D eigenvalue weighted by molar-refractivity contribution is 7.92. The Labute approximate surface area is 109 Å². The lowest BCUT2D eigenvalue weighted by molar-refractivity contribution is 0.595. The normalized spacial score (nSPS) is 11.5. The van der Waals surface area contributed by atoms with Crippen molar-refractivity contribution in [2.75, 3.05) is 10.5 Å². The van der Waals surface area contributed by atoms with Gasteiger partial charge >= 0.3 is 0 Å². The molecule has 0 unspecified atom stereocenters. The molecular formula is C11H13FN4O2S. The number of nitrogens with one attached hydrogen (secondary N) is 2. The number of hydrogen-bond acceptors (Lipinski definition) is 4. The SMILES string of the molecule is Cc1n[nH]c(C)c1NS(=O)(=O)c1cc(N)cc(F)c1. The van der Waals surface area contributed by atoms with Crippen LogP contribution in [0.2, 0.25) is 0 Å². The lowest BCUT2D eigenvalue weighted by Gasteiger charge is -2.09. The van der Waals surface area contributed by atoms with Gasteiger partial charge in [-0.2, -0.15) is 5.10 Å². The topological polar surface area (TPSA) is 101 Å². The van der Waals surface area contributed by atoms with Crippen LogP contribution in [0.25, 0.3) is 0 Å². The Morgan fingerprint density at radius 2 is 2.00 bits per heavy atom. The third kappa shape index (κ3) is 2.68. The summed E-state index contributed by atoms with van der Waals surface area (Å²) in [5, 5.41) is 6.54. The predicted octanol–water partition coefficient (Wildman–Crippen LogP) is 1.55. The minimum atomic E-state index is -3.90. The first-order valence-corrected chi connectivity index (χ1v) is 6.88. The first kappa shape index (κ1) is 13.3. The summed E-state index contributed by atoms with van der Waals surface area (Å²) < 4.78 is 39.8. The maximum atomic E-state index is 13.2. The average Bonchev–Trinajstić information content (AvgIpc) is 2.59. The van der Waals surface area contributed by atoms with Crippen molar-refractivity contribution in [1.29, 1.82) is 0 Å². The minimum Gasteiger partial charge on any atom is -0.399 e. The lowest BCUT2D eigenvalue weighted by Crippen LogP contribution is -2.14. The standard InChI is InChI=1S/C11H13FN4O2S/c1-6-11(7(2)15-14-6)16-19(17,18)10-4-8(12)3-9(13)5-10/h3-5,16H,13H2,1-2H3,(H,14,15). The zero-order valence-corrected chi connectivity index (χ0v) is 11.2. The Hall–Kier alpha value is -2.09. The van der Waals surface area contributed by atoms with Gasteiger partial charge in [0.2, 0.25) is 0 Å². The van der Waals surface area contributed by atoms with Crippen LogP contribution in [0.1, 0.15) is 11.4 Å². The van der Waals surface area contributed by atoms with Crippen LogP contribution in [0.15, 0.2) is 23.1 Å². The Morgan fingerprint density at radius 1 is 1.32 bits per heavy atom. The van der Waals surface area contributed by atoms with Gasteiger partial charge in [-0.25, -0.2) is 12.8 Å². The van der Waals surface area contributed by atoms with E-state index in [4.69, 9.17) is 5.73 Å². The van der Waals surface area contributed by atoms with Crippen molar-refractivity contribution >= 4 is 21.4 Å². The summed E-state index contributed by atoms with van der Waals surface area (Å²) in [5.41, 5.74) is 6.91. The maximum Gasteiger partial charge on any atom is 0.262 e. The van der Waals surface area contributed by atoms with Crippen LogP contribution in [-0.2, 0) is 10.0 Å². The molecule has 0 spiro atoms. The van der Waals surface area contributed by atoms with Crippen molar-refractivity contribution in [2.24, 2.45) is 0 Å². The molecule has 1 aromatic heterocycles. The van der Waals surface area contributed by atoms with Gasteiger partial charge in [-0.3, -0.25) is 9.82 Å². The Balaban J connectivity index is 2.43. The van der Waals surface area contributed by atoms with Gasteiger partial charge in [0.15, 0.2) is 0 Å². The highest BCUT2D eigenvalue weighted by atomic mass is 32.2. The molecule has 0 aliphatic heterocycles. The van der Waals surface area contributed by atoms with Crippen LogP contribution in [0, 0.1) is 19.7 Å². The molecule has 0 aliphatic carbocycles. The maximum absolute atomic E-state index is 13.2. The third-order valence-electron chi connectivity index (χ3n) is 2.57. The van der Waals surface area contributed by atoms with E-state index in [0.29, 0.717) is 17.1 Å². The fourth-order valence-corrected chi connectivity index (χ4v) is 2.88. The van der Waals surface area contributed by atoms with Crippen molar-refractivity contribution < 1.29 is 12.8 Å². The van der Waals surface area contributed by atoms with Crippen molar-refractivity contribution in [3.8, 4) is 0 Å². The Kier molecular flexibility index (Phi) is 3.19. The molecule has 0 amide bonds. The molecule has 2 rings (SSSR count). The van der Waals surface area contributed by atoms with Crippen molar-refractivity contribution in [2.45, 2.75) is 18.7 Å². The van der Waals surface area contributed by atoms with Crippen LogP contribution in [0.4, 0.5) is 15.8 Å². The second-order valence-corrected chi connectivity index (χ2v) is 5.82. The number of hydrogen-bond donors (Lipinski definition) is 3. The minimum absolute atomic E-state index is 0.0426. The summed E-state index contributed by atoms with van der Waals surface area (Å²) in [6.07, 6.45) is 0. The number of anilines is 2. The second-order valence-electron chi connectivity index (χ2n) is 4.13. The molecule has 0 fully saturated rings. The summed E-state index contributed by atoms with van der Waals surface area (Å²) in [5.74, 6) is -0.707. The molecule has 0 saturated carbocycles. The molecule has 102 valence electrons. The van der Waals surface area contributed by atoms with Crippen LogP contribution >= 0.6 is 0 Å². The van der Waals surface area contributed by atoms with Crippen LogP contribution < -0.4 is 10.5 Å². The van der Waals surface area contributed by atoms with E-state index in [1.807, 2.05) is 0 Å². The van der Waals surface area contributed by atoms with Gasteiger partial charge in [0, 0.05) is 5.69 Å². The number of nitrogen functional groups attached to an aromatic ring is 1. The quantitative estimate of drug-likeness (QED) is 0.744. The molecule has 0 radical (unpaired) electrons. The van der Waals surface area contributed by atoms with Gasteiger partial charge in [0.25, 0.3) is 10.0 Å². The van der Waals surface area contributed by atoms with Gasteiger partial charge in [-0.05, 0) is 32.0 Å². The molecule has 0 bridgehead atoms. The van der Waals surface area contributed by atoms with E-state index in [1.54, 1.807) is 13.8 Å². The number of H-pyrrole nitrogens is 1. The molecule has 8 heteroatoms. The molecule has 0 saturated heterocycles. The summed E-state index contributed by atoms with van der Waals surface area (Å²) in [6, 6.07) is 3.15. The van der Waals surface area contributed by atoms with Gasteiger partial charge in [0.05, 0.1) is 22.0 Å². The molecular weight excluding hydrogens is 271 g/mol. The van der Waals surface area contributed by atoms with E-state index >= 15 is 0 Å². The highest BCUT2D eigenvalue weighted by Gasteiger charge is 2.19. The number of halogens is 1. The van der Waals surface area contributed by atoms with Gasteiger partial charge in [-0.1, -0.05) is 0 Å². The summed E-state index contributed by atoms with van der Waals surface area (Å²) in [6.45, 7) is 3.33. The number of nitrogens with zero attached hydrogens (tertiary/aromatic N) is 1. The zero-order chi connectivity index (χ0) is 14.2. The van der Waals surface area contributed by atoms with E-state index in [2.05, 4.69) is 14.9 Å². The zero-order valence-electron chi connectivity index (χ0n) is 10.4. The number of benzene rings is 1. The molecule has 2 aromatic rings. The largest absolute Gasteiger partial charge is 0.399 e. The molecule has 19 heavy (non-hydrogen) atoms. The van der Waals surface area contributed by atoms with Crippen molar-refractivity contribution in [3.63, 3.8) is 0 Å². The summed E-state index contributed by atoms with van der Waals surface area (Å²) >= 11 is 0. The number of aryl methyl sites for hydroxylation is 2. The second kappa shape index (κ2) is 4.54. The number of nitrogens with two attached hydrogens (primary N) is 1. The number of rotatable bonds is 3. The third-order valence-corrected chi connectivity index (χ3v) is 3.90. The van der Waals surface area contributed by atoms with E-state index in [9.17, 15) is 12.8 Å². The van der Waals surface area contributed by atoms with Crippen LogP contribution in [-0.4, -0.2) is 18.6 Å². The van der Waals surface area contributed by atoms with E-state index < -0.39 is 15.8 Å². The van der Waals surface area contributed by atoms with Crippen molar-refractivity contribution in [3.05, 3.63) is 35.4 Å². The van der Waals surface area contributed by atoms with E-state index in [-0.39, 0.29) is 10.6 Å². The average molecular weight is 284 g/mol. The monoisotopic (exact) mass is 284 g/mol. The molecule has 0 atom stereocenters. The molecule has 6 nitrogen and oxygen atoms in total. The first-order valence-electron chi connectivity index (χ1n) is 5.40. The van der Waals surface area contributed by atoms with Crippen LogP contribution in [0.3, 0.4) is 0 Å². The van der Waals surface area contributed by atoms with Crippen molar-refractivity contribution in [1.82, 2.24) is 10.2 Å². The highest BCUT2D eigenvalue weighted by Crippen LogP contribution is 2.22. The van der Waals surface area contributed by atoms with E-state index in [0.717, 1.165) is 12.1 Å². The first-order chi connectivity index (χ1) is 8.79. The Morgan fingerprint density at radius 3 is 2.53 bits per heavy atom. The molecule has 1 aromatic carbocycles. The molecule has 1 heterocycles. The van der Waals surface area contributed by atoms with Gasteiger partial charge in [-0.15, -0.1) is 0 Å². The summed E-state index contributed by atoms with van der Waals surface area (Å²) in [4.78, 5) is -0.231. The Bertz CT molecular complexity index is 685. The van der Waals surface area contributed by atoms with Crippen LogP contribution in [0.5, 0.6) is 0 Å². The number of sulfonamides is 1. The number of aromatic amines is 1. The smallest absolute Gasteiger partial charge is 0.262 e. The number of aromatic nitrogens is 2.